The smallest absolute Gasteiger partial charge is 0.356 e. The molecule has 0 saturated heterocycles. The van der Waals surface area contributed by atoms with E-state index in [1.165, 1.54) is 20.5 Å². The van der Waals surface area contributed by atoms with Crippen LogP contribution in [0.25, 0.3) is 0 Å². The van der Waals surface area contributed by atoms with E-state index in [-0.39, 0.29) is 11.4 Å². The molecule has 0 amide bonds. The monoisotopic (exact) mass is 356 g/mol. The first-order chi connectivity index (χ1) is 9.99. The van der Waals surface area contributed by atoms with Crippen molar-refractivity contribution in [2.45, 2.75) is 6.10 Å². The molecule has 7 nitrogen and oxygen atoms in total. The van der Waals surface area contributed by atoms with Gasteiger partial charge in [0, 0.05) is 5.56 Å². The van der Waals surface area contributed by atoms with Gasteiger partial charge < -0.3 is 24.7 Å². The van der Waals surface area contributed by atoms with E-state index in [0.29, 0.717) is 21.5 Å². The van der Waals surface area contributed by atoms with Crippen molar-refractivity contribution >= 4 is 21.9 Å². The van der Waals surface area contributed by atoms with Gasteiger partial charge in [-0.2, -0.15) is 0 Å². The molecule has 0 aliphatic rings. The van der Waals surface area contributed by atoms with Crippen molar-refractivity contribution in [1.29, 1.82) is 0 Å². The Morgan fingerprint density at radius 1 is 1.33 bits per heavy atom. The fourth-order valence-corrected chi connectivity index (χ4v) is 2.42. The van der Waals surface area contributed by atoms with Crippen molar-refractivity contribution < 1.29 is 24.5 Å². The van der Waals surface area contributed by atoms with Gasteiger partial charge in [-0.25, -0.2) is 9.78 Å². The van der Waals surface area contributed by atoms with Gasteiger partial charge in [0.05, 0.1) is 30.7 Å². The number of rotatable bonds is 5. The van der Waals surface area contributed by atoms with Crippen molar-refractivity contribution in [2.75, 3.05) is 14.2 Å². The highest BCUT2D eigenvalue weighted by Gasteiger charge is 2.25. The maximum absolute atomic E-state index is 11.1. The number of aliphatic hydroxyl groups is 1. The summed E-state index contributed by atoms with van der Waals surface area (Å²) in [6.45, 7) is 0. The summed E-state index contributed by atoms with van der Waals surface area (Å²) in [5.74, 6) is -0.351. The highest BCUT2D eigenvalue weighted by atomic mass is 79.9. The highest BCUT2D eigenvalue weighted by molar-refractivity contribution is 9.10. The number of benzene rings is 1. The maximum Gasteiger partial charge on any atom is 0.356 e. The number of hydrogen-bond acceptors (Lipinski definition) is 5. The molecule has 1 aromatic heterocycles. The summed E-state index contributed by atoms with van der Waals surface area (Å²) in [6, 6.07) is 3.20. The van der Waals surface area contributed by atoms with E-state index in [1.54, 1.807) is 12.1 Å². The Balaban J connectivity index is 2.54. The molecule has 21 heavy (non-hydrogen) atoms. The molecular formula is C13H13BrN2O5. The zero-order valence-corrected chi connectivity index (χ0v) is 12.8. The summed E-state index contributed by atoms with van der Waals surface area (Å²) in [7, 11) is 2.94. The summed E-state index contributed by atoms with van der Waals surface area (Å²) in [5, 5.41) is 19.5. The number of imidazole rings is 1. The molecule has 0 bridgehead atoms. The number of carbonyl (C=O) groups is 1. The van der Waals surface area contributed by atoms with E-state index in [1.807, 2.05) is 0 Å². The number of nitrogens with one attached hydrogen (secondary N) is 1. The molecule has 0 saturated carbocycles. The minimum absolute atomic E-state index is 0.0742. The SMILES string of the molecule is COc1cc(C(O)c2[nH]cnc2C(=O)O)c(OC)cc1Br. The predicted molar refractivity (Wildman–Crippen MR) is 76.9 cm³/mol. The molecule has 0 spiro atoms. The number of H-pyrrole nitrogens is 1. The molecule has 0 aliphatic heterocycles. The maximum atomic E-state index is 11.1. The van der Waals surface area contributed by atoms with E-state index in [9.17, 15) is 9.90 Å². The number of aliphatic hydroxyl groups excluding tert-OH is 1. The fraction of sp³-hybridized carbons (Fsp3) is 0.231. The number of ether oxygens (including phenoxy) is 2. The van der Waals surface area contributed by atoms with Crippen LogP contribution in [0.15, 0.2) is 22.9 Å². The third-order valence-corrected chi connectivity index (χ3v) is 3.56. The summed E-state index contributed by atoms with van der Waals surface area (Å²) >= 11 is 3.32. The van der Waals surface area contributed by atoms with Crippen LogP contribution >= 0.6 is 15.9 Å². The van der Waals surface area contributed by atoms with Gasteiger partial charge in [-0.1, -0.05) is 0 Å². The van der Waals surface area contributed by atoms with Crippen molar-refractivity contribution in [3.05, 3.63) is 39.9 Å². The number of methoxy groups -OCH3 is 2. The first kappa shape index (κ1) is 15.3. The number of aromatic nitrogens is 2. The Bertz CT molecular complexity index is 671. The van der Waals surface area contributed by atoms with Gasteiger partial charge in [0.15, 0.2) is 5.69 Å². The van der Waals surface area contributed by atoms with Gasteiger partial charge in [-0.05, 0) is 28.1 Å². The fourth-order valence-electron chi connectivity index (χ4n) is 1.94. The molecule has 3 N–H and O–H groups in total. The van der Waals surface area contributed by atoms with Crippen LogP contribution in [0.5, 0.6) is 11.5 Å². The quantitative estimate of drug-likeness (QED) is 0.756. The van der Waals surface area contributed by atoms with E-state index < -0.39 is 12.1 Å². The molecule has 2 aromatic rings. The van der Waals surface area contributed by atoms with Gasteiger partial charge in [0.1, 0.15) is 17.6 Å². The minimum Gasteiger partial charge on any atom is -0.496 e. The molecule has 0 aliphatic carbocycles. The second-order valence-corrected chi connectivity index (χ2v) is 4.96. The number of halogens is 1. The molecule has 1 aromatic carbocycles. The molecule has 2 rings (SSSR count). The van der Waals surface area contributed by atoms with Gasteiger partial charge in [-0.3, -0.25) is 0 Å². The van der Waals surface area contributed by atoms with Gasteiger partial charge in [0.2, 0.25) is 0 Å². The lowest BCUT2D eigenvalue weighted by Crippen LogP contribution is -2.09. The lowest BCUT2D eigenvalue weighted by atomic mass is 10.0. The summed E-state index contributed by atoms with van der Waals surface area (Å²) in [6.07, 6.45) is -0.0274. The molecule has 8 heteroatoms. The lowest BCUT2D eigenvalue weighted by molar-refractivity contribution is 0.0685. The molecule has 1 unspecified atom stereocenters. The number of carboxylic acids is 1. The summed E-state index contributed by atoms with van der Waals surface area (Å²) in [4.78, 5) is 17.4. The normalized spacial score (nSPS) is 12.0. The average molecular weight is 357 g/mol. The third-order valence-electron chi connectivity index (χ3n) is 2.94. The van der Waals surface area contributed by atoms with Crippen LogP contribution in [0.4, 0.5) is 0 Å². The Morgan fingerprint density at radius 3 is 2.57 bits per heavy atom. The van der Waals surface area contributed by atoms with Crippen LogP contribution in [-0.2, 0) is 0 Å². The molecule has 112 valence electrons. The zero-order valence-electron chi connectivity index (χ0n) is 11.3. The standard InChI is InChI=1S/C13H13BrN2O5/c1-20-8-4-7(14)9(21-2)3-6(8)12(17)10-11(13(18)19)16-5-15-10/h3-5,12,17H,1-2H3,(H,15,16)(H,18,19). The van der Waals surface area contributed by atoms with Crippen LogP contribution in [0, 0.1) is 0 Å². The van der Waals surface area contributed by atoms with Crippen molar-refractivity contribution in [3.63, 3.8) is 0 Å². The second kappa shape index (κ2) is 6.15. The number of carboxylic acid groups (broad SMARTS) is 1. The van der Waals surface area contributed by atoms with E-state index >= 15 is 0 Å². The van der Waals surface area contributed by atoms with Gasteiger partial charge in [0.25, 0.3) is 0 Å². The molecule has 1 atom stereocenters. The third kappa shape index (κ3) is 2.86. The van der Waals surface area contributed by atoms with Crippen molar-refractivity contribution in [3.8, 4) is 11.5 Å². The molecule has 0 radical (unpaired) electrons. The van der Waals surface area contributed by atoms with Crippen LogP contribution < -0.4 is 9.47 Å². The van der Waals surface area contributed by atoms with Crippen molar-refractivity contribution in [2.24, 2.45) is 0 Å². The largest absolute Gasteiger partial charge is 0.496 e. The van der Waals surface area contributed by atoms with E-state index in [0.717, 1.165) is 0 Å². The van der Waals surface area contributed by atoms with E-state index in [2.05, 4.69) is 25.9 Å². The summed E-state index contributed by atoms with van der Waals surface area (Å²) in [5.41, 5.74) is 0.195. The molecule has 0 fully saturated rings. The van der Waals surface area contributed by atoms with Crippen LogP contribution in [0.2, 0.25) is 0 Å². The number of hydrogen-bond donors (Lipinski definition) is 3. The van der Waals surface area contributed by atoms with Crippen LogP contribution in [-0.4, -0.2) is 40.4 Å². The van der Waals surface area contributed by atoms with Gasteiger partial charge in [-0.15, -0.1) is 0 Å². The topological polar surface area (TPSA) is 105 Å². The Kier molecular flexibility index (Phi) is 4.49. The number of aromatic amines is 1. The number of aromatic carboxylic acids is 1. The Hall–Kier alpha value is -2.06. The molecule has 1 heterocycles. The van der Waals surface area contributed by atoms with Crippen LogP contribution in [0.1, 0.15) is 27.8 Å². The lowest BCUT2D eigenvalue weighted by Gasteiger charge is -2.16. The Morgan fingerprint density at radius 2 is 2.00 bits per heavy atom. The van der Waals surface area contributed by atoms with Crippen molar-refractivity contribution in [1.82, 2.24) is 9.97 Å². The first-order valence-electron chi connectivity index (χ1n) is 5.85. The first-order valence-corrected chi connectivity index (χ1v) is 6.65. The molecular weight excluding hydrogens is 344 g/mol. The van der Waals surface area contributed by atoms with E-state index in [4.69, 9.17) is 14.6 Å². The van der Waals surface area contributed by atoms with Gasteiger partial charge >= 0.3 is 5.97 Å². The highest BCUT2D eigenvalue weighted by Crippen LogP contribution is 2.38. The Labute approximate surface area is 128 Å². The van der Waals surface area contributed by atoms with Crippen LogP contribution in [0.3, 0.4) is 0 Å². The average Bonchev–Trinajstić information content (AvgIpc) is 2.95. The predicted octanol–water partition coefficient (Wildman–Crippen LogP) is 1.97. The summed E-state index contributed by atoms with van der Waals surface area (Å²) < 4.78 is 11.0. The minimum atomic E-state index is -1.24. The zero-order chi connectivity index (χ0) is 15.6. The second-order valence-electron chi connectivity index (χ2n) is 4.10. The number of nitrogens with zero attached hydrogens (tertiary/aromatic N) is 1.